The summed E-state index contributed by atoms with van der Waals surface area (Å²) >= 11 is 0. The molecule has 0 amide bonds. The van der Waals surface area contributed by atoms with Crippen LogP contribution in [-0.4, -0.2) is 11.9 Å². The van der Waals surface area contributed by atoms with Crippen LogP contribution in [-0.2, 0) is 6.42 Å². The van der Waals surface area contributed by atoms with Gasteiger partial charge in [0.25, 0.3) is 0 Å². The van der Waals surface area contributed by atoms with E-state index in [1.54, 1.807) is 0 Å². The predicted molar refractivity (Wildman–Crippen MR) is 54.9 cm³/mol. The van der Waals surface area contributed by atoms with E-state index in [9.17, 15) is 4.79 Å². The Bertz CT molecular complexity index is 369. The van der Waals surface area contributed by atoms with Crippen LogP contribution in [0.15, 0.2) is 18.2 Å². The predicted octanol–water partition coefficient (Wildman–Crippen LogP) is 2.60. The van der Waals surface area contributed by atoms with Crippen LogP contribution < -0.4 is 4.74 Å². The molecule has 0 fully saturated rings. The standard InChI is InChI=1S/C12H14O2/c1-3-9-4-5-12-10(7-9)11(13)6-8(2)14-12/h4-5,7-8H,3,6H2,1-2H3/t8-/m0/s1. The van der Waals surface area contributed by atoms with E-state index in [0.29, 0.717) is 6.42 Å². The molecule has 0 radical (unpaired) electrons. The number of benzene rings is 1. The second-order valence-corrected chi connectivity index (χ2v) is 3.74. The van der Waals surface area contributed by atoms with Crippen molar-refractivity contribution in [1.82, 2.24) is 0 Å². The number of ketones is 1. The third-order valence-electron chi connectivity index (χ3n) is 2.55. The second kappa shape index (κ2) is 3.45. The summed E-state index contributed by atoms with van der Waals surface area (Å²) in [6.07, 6.45) is 1.47. The van der Waals surface area contributed by atoms with Crippen molar-refractivity contribution < 1.29 is 9.53 Å². The molecule has 0 bridgehead atoms. The third-order valence-corrected chi connectivity index (χ3v) is 2.55. The maximum absolute atomic E-state index is 11.7. The van der Waals surface area contributed by atoms with Gasteiger partial charge in [0.05, 0.1) is 5.56 Å². The first-order valence-corrected chi connectivity index (χ1v) is 5.03. The van der Waals surface area contributed by atoms with Gasteiger partial charge < -0.3 is 4.74 Å². The first-order valence-electron chi connectivity index (χ1n) is 5.03. The van der Waals surface area contributed by atoms with Crippen LogP contribution in [0.5, 0.6) is 5.75 Å². The van der Waals surface area contributed by atoms with Gasteiger partial charge in [0.15, 0.2) is 5.78 Å². The summed E-state index contributed by atoms with van der Waals surface area (Å²) in [7, 11) is 0. The Hall–Kier alpha value is -1.31. The van der Waals surface area contributed by atoms with Gasteiger partial charge in [-0.25, -0.2) is 0 Å². The number of ether oxygens (including phenoxy) is 1. The molecule has 0 aliphatic carbocycles. The SMILES string of the molecule is CCc1ccc2c(c1)C(=O)C[C@H](C)O2. The number of hydrogen-bond acceptors (Lipinski definition) is 2. The zero-order chi connectivity index (χ0) is 10.1. The van der Waals surface area contributed by atoms with Crippen molar-refractivity contribution in [3.05, 3.63) is 29.3 Å². The van der Waals surface area contributed by atoms with Crippen molar-refractivity contribution in [1.29, 1.82) is 0 Å². The largest absolute Gasteiger partial charge is 0.489 e. The molecule has 14 heavy (non-hydrogen) atoms. The lowest BCUT2D eigenvalue weighted by Crippen LogP contribution is -2.23. The number of carbonyl (C=O) groups excluding carboxylic acids is 1. The summed E-state index contributed by atoms with van der Waals surface area (Å²) in [5, 5.41) is 0. The van der Waals surface area contributed by atoms with Crippen molar-refractivity contribution in [2.45, 2.75) is 32.8 Å². The highest BCUT2D eigenvalue weighted by atomic mass is 16.5. The fourth-order valence-corrected chi connectivity index (χ4v) is 1.75. The van der Waals surface area contributed by atoms with E-state index in [1.165, 1.54) is 5.56 Å². The van der Waals surface area contributed by atoms with Crippen molar-refractivity contribution in [2.24, 2.45) is 0 Å². The van der Waals surface area contributed by atoms with Crippen molar-refractivity contribution in [2.75, 3.05) is 0 Å². The lowest BCUT2D eigenvalue weighted by molar-refractivity contribution is 0.0871. The molecule has 0 unspecified atom stereocenters. The van der Waals surface area contributed by atoms with Crippen LogP contribution in [0.25, 0.3) is 0 Å². The molecule has 74 valence electrons. The van der Waals surface area contributed by atoms with Gasteiger partial charge in [0.1, 0.15) is 11.9 Å². The molecule has 0 spiro atoms. The minimum Gasteiger partial charge on any atom is -0.489 e. The van der Waals surface area contributed by atoms with Gasteiger partial charge in [-0.1, -0.05) is 13.0 Å². The first-order chi connectivity index (χ1) is 6.70. The molecule has 0 N–H and O–H groups in total. The minimum absolute atomic E-state index is 0.0162. The summed E-state index contributed by atoms with van der Waals surface area (Å²) in [4.78, 5) is 11.7. The Morgan fingerprint density at radius 2 is 2.29 bits per heavy atom. The Morgan fingerprint density at radius 1 is 1.50 bits per heavy atom. The number of carbonyl (C=O) groups is 1. The summed E-state index contributed by atoms with van der Waals surface area (Å²) in [6, 6.07) is 5.87. The molecule has 1 aliphatic heterocycles. The van der Waals surface area contributed by atoms with Gasteiger partial charge in [0, 0.05) is 6.42 Å². The highest BCUT2D eigenvalue weighted by molar-refractivity contribution is 6.00. The highest BCUT2D eigenvalue weighted by Crippen LogP contribution is 2.28. The molecule has 1 heterocycles. The van der Waals surface area contributed by atoms with E-state index in [4.69, 9.17) is 4.74 Å². The Morgan fingerprint density at radius 3 is 3.00 bits per heavy atom. The van der Waals surface area contributed by atoms with Crippen LogP contribution in [0.4, 0.5) is 0 Å². The van der Waals surface area contributed by atoms with Gasteiger partial charge in [-0.15, -0.1) is 0 Å². The van der Waals surface area contributed by atoms with Crippen LogP contribution in [0.1, 0.15) is 36.2 Å². The summed E-state index contributed by atoms with van der Waals surface area (Å²) < 4.78 is 5.58. The van der Waals surface area contributed by atoms with Crippen molar-refractivity contribution >= 4 is 5.78 Å². The zero-order valence-electron chi connectivity index (χ0n) is 8.54. The second-order valence-electron chi connectivity index (χ2n) is 3.74. The maximum atomic E-state index is 11.7. The monoisotopic (exact) mass is 190 g/mol. The number of hydrogen-bond donors (Lipinski definition) is 0. The Kier molecular flexibility index (Phi) is 2.28. The molecular weight excluding hydrogens is 176 g/mol. The Labute approximate surface area is 83.9 Å². The van der Waals surface area contributed by atoms with Gasteiger partial charge in [-0.05, 0) is 31.0 Å². The third kappa shape index (κ3) is 1.52. The Balaban J connectivity index is 2.44. The van der Waals surface area contributed by atoms with E-state index in [1.807, 2.05) is 25.1 Å². The molecule has 1 aromatic carbocycles. The van der Waals surface area contributed by atoms with Gasteiger partial charge >= 0.3 is 0 Å². The molecule has 0 aromatic heterocycles. The molecule has 2 rings (SSSR count). The van der Waals surface area contributed by atoms with E-state index < -0.39 is 0 Å². The topological polar surface area (TPSA) is 26.3 Å². The molecule has 1 atom stereocenters. The van der Waals surface area contributed by atoms with Crippen molar-refractivity contribution in [3.63, 3.8) is 0 Å². The molecule has 2 nitrogen and oxygen atoms in total. The van der Waals surface area contributed by atoms with E-state index >= 15 is 0 Å². The molecule has 1 aliphatic rings. The lowest BCUT2D eigenvalue weighted by Gasteiger charge is -2.22. The van der Waals surface area contributed by atoms with Crippen LogP contribution in [0.2, 0.25) is 0 Å². The van der Waals surface area contributed by atoms with Gasteiger partial charge in [-0.3, -0.25) is 4.79 Å². The molecular formula is C12H14O2. The number of fused-ring (bicyclic) bond motifs is 1. The fourth-order valence-electron chi connectivity index (χ4n) is 1.75. The number of Topliss-reactive ketones (excluding diaryl/α,β-unsaturated/α-hetero) is 1. The smallest absolute Gasteiger partial charge is 0.170 e. The minimum atomic E-state index is 0.0162. The summed E-state index contributed by atoms with van der Waals surface area (Å²) in [6.45, 7) is 4.01. The average Bonchev–Trinajstić information content (AvgIpc) is 2.17. The molecule has 1 aromatic rings. The summed E-state index contributed by atoms with van der Waals surface area (Å²) in [5.74, 6) is 0.944. The quantitative estimate of drug-likeness (QED) is 0.680. The van der Waals surface area contributed by atoms with E-state index in [0.717, 1.165) is 17.7 Å². The normalized spacial score (nSPS) is 20.1. The van der Waals surface area contributed by atoms with E-state index in [-0.39, 0.29) is 11.9 Å². The van der Waals surface area contributed by atoms with Gasteiger partial charge in [0.2, 0.25) is 0 Å². The fraction of sp³-hybridized carbons (Fsp3) is 0.417. The number of aryl methyl sites for hydroxylation is 1. The zero-order valence-corrected chi connectivity index (χ0v) is 8.54. The highest BCUT2D eigenvalue weighted by Gasteiger charge is 2.23. The van der Waals surface area contributed by atoms with Crippen LogP contribution in [0.3, 0.4) is 0 Å². The first kappa shape index (κ1) is 9.25. The maximum Gasteiger partial charge on any atom is 0.170 e. The molecule has 0 saturated heterocycles. The summed E-state index contributed by atoms with van der Waals surface area (Å²) in [5.41, 5.74) is 1.94. The number of rotatable bonds is 1. The molecule has 0 saturated carbocycles. The van der Waals surface area contributed by atoms with Crippen LogP contribution >= 0.6 is 0 Å². The van der Waals surface area contributed by atoms with Gasteiger partial charge in [-0.2, -0.15) is 0 Å². The average molecular weight is 190 g/mol. The van der Waals surface area contributed by atoms with E-state index in [2.05, 4.69) is 6.92 Å². The van der Waals surface area contributed by atoms with Crippen molar-refractivity contribution in [3.8, 4) is 5.75 Å². The molecule has 2 heteroatoms. The van der Waals surface area contributed by atoms with Crippen LogP contribution in [0, 0.1) is 0 Å². The lowest BCUT2D eigenvalue weighted by atomic mass is 9.98.